The van der Waals surface area contributed by atoms with Gasteiger partial charge in [0, 0.05) is 28.6 Å². The first-order chi connectivity index (χ1) is 14.4. The Labute approximate surface area is 171 Å². The molecule has 1 N–H and O–H groups in total. The summed E-state index contributed by atoms with van der Waals surface area (Å²) in [7, 11) is 1.54. The molecule has 3 aromatic rings. The number of ether oxygens (including phenoxy) is 1. The maximum atomic E-state index is 13.4. The van der Waals surface area contributed by atoms with Crippen molar-refractivity contribution in [1.29, 1.82) is 0 Å². The highest BCUT2D eigenvalue weighted by molar-refractivity contribution is 6.04. The van der Waals surface area contributed by atoms with Gasteiger partial charge in [0.05, 0.1) is 12.8 Å². The van der Waals surface area contributed by atoms with Gasteiger partial charge in [-0.2, -0.15) is 18.3 Å². The Morgan fingerprint density at radius 1 is 1.10 bits per heavy atom. The van der Waals surface area contributed by atoms with Crippen LogP contribution in [-0.4, -0.2) is 22.8 Å². The Morgan fingerprint density at radius 3 is 2.53 bits per heavy atom. The van der Waals surface area contributed by atoms with Gasteiger partial charge < -0.3 is 10.1 Å². The summed E-state index contributed by atoms with van der Waals surface area (Å²) in [5.41, 5.74) is 1.55. The smallest absolute Gasteiger partial charge is 0.435 e. The Balaban J connectivity index is 1.59. The van der Waals surface area contributed by atoms with Crippen LogP contribution in [0.5, 0.6) is 5.75 Å². The zero-order chi connectivity index (χ0) is 21.3. The van der Waals surface area contributed by atoms with Gasteiger partial charge in [0.15, 0.2) is 5.69 Å². The molecule has 156 valence electrons. The van der Waals surface area contributed by atoms with E-state index >= 15 is 0 Å². The molecule has 0 bridgehead atoms. The predicted molar refractivity (Wildman–Crippen MR) is 106 cm³/mol. The zero-order valence-corrected chi connectivity index (χ0v) is 16.3. The average Bonchev–Trinajstić information content (AvgIpc) is 3.14. The molecule has 0 atom stereocenters. The van der Waals surface area contributed by atoms with Gasteiger partial charge in [-0.05, 0) is 62.1 Å². The molecule has 1 heterocycles. The summed E-state index contributed by atoms with van der Waals surface area (Å²) in [6.07, 6.45) is -1.99. The van der Waals surface area contributed by atoms with Crippen LogP contribution in [0.25, 0.3) is 5.69 Å². The van der Waals surface area contributed by atoms with Crippen molar-refractivity contribution in [3.63, 3.8) is 0 Å². The Morgan fingerprint density at radius 2 is 1.83 bits per heavy atom. The molecule has 1 amide bonds. The van der Waals surface area contributed by atoms with Crippen LogP contribution in [0.4, 0.5) is 18.9 Å². The van der Waals surface area contributed by atoms with Crippen LogP contribution in [0.15, 0.2) is 48.5 Å². The number of rotatable bonds is 4. The number of fused-ring (bicyclic) bond motifs is 1. The number of halogens is 3. The van der Waals surface area contributed by atoms with Crippen LogP contribution in [-0.2, 0) is 19.0 Å². The number of anilines is 1. The van der Waals surface area contributed by atoms with Crippen molar-refractivity contribution < 1.29 is 22.7 Å². The van der Waals surface area contributed by atoms with E-state index in [0.717, 1.165) is 12.8 Å². The lowest BCUT2D eigenvalue weighted by atomic mass is 9.95. The van der Waals surface area contributed by atoms with E-state index in [-0.39, 0.29) is 11.5 Å². The summed E-state index contributed by atoms with van der Waals surface area (Å²) in [6.45, 7) is 0. The van der Waals surface area contributed by atoms with Crippen molar-refractivity contribution in [3.05, 3.63) is 71.0 Å². The van der Waals surface area contributed by atoms with Gasteiger partial charge in [-0.25, -0.2) is 4.68 Å². The third-order valence-electron chi connectivity index (χ3n) is 5.15. The molecule has 0 aliphatic heterocycles. The molecule has 1 aliphatic carbocycles. The van der Waals surface area contributed by atoms with E-state index in [1.54, 1.807) is 48.5 Å². The molecular formula is C22H20F3N3O2. The largest absolute Gasteiger partial charge is 0.497 e. The van der Waals surface area contributed by atoms with Crippen molar-refractivity contribution >= 4 is 11.6 Å². The second-order valence-electron chi connectivity index (χ2n) is 7.12. The first-order valence-electron chi connectivity index (χ1n) is 9.60. The molecule has 0 radical (unpaired) electrons. The monoisotopic (exact) mass is 415 g/mol. The predicted octanol–water partition coefficient (Wildman–Crippen LogP) is 5.03. The van der Waals surface area contributed by atoms with E-state index in [4.69, 9.17) is 4.74 Å². The standard InChI is InChI=1S/C22H20F3N3O2/c1-30-17-6-4-5-15(13-17)26-21(29)14-9-11-16(12-10-14)28-19-8-3-2-7-18(19)20(27-28)22(23,24)25/h4-6,9-13H,2-3,7-8H2,1H3,(H,26,29). The number of amides is 1. The quantitative estimate of drug-likeness (QED) is 0.650. The molecular weight excluding hydrogens is 395 g/mol. The van der Waals surface area contributed by atoms with E-state index in [9.17, 15) is 18.0 Å². The SMILES string of the molecule is COc1cccc(NC(=O)c2ccc(-n3nc(C(F)(F)F)c4c3CCCC4)cc2)c1. The number of nitrogens with one attached hydrogen (secondary N) is 1. The second-order valence-corrected chi connectivity index (χ2v) is 7.12. The molecule has 5 nitrogen and oxygen atoms in total. The highest BCUT2D eigenvalue weighted by Crippen LogP contribution is 2.36. The summed E-state index contributed by atoms with van der Waals surface area (Å²) < 4.78 is 46.7. The Hall–Kier alpha value is -3.29. The van der Waals surface area contributed by atoms with Crippen LogP contribution in [0.3, 0.4) is 0 Å². The molecule has 0 unspecified atom stereocenters. The number of carbonyl (C=O) groups excluding carboxylic acids is 1. The van der Waals surface area contributed by atoms with Gasteiger partial charge in [-0.1, -0.05) is 6.07 Å². The van der Waals surface area contributed by atoms with Crippen molar-refractivity contribution in [2.24, 2.45) is 0 Å². The molecule has 0 fully saturated rings. The number of aromatic nitrogens is 2. The van der Waals surface area contributed by atoms with Crippen LogP contribution < -0.4 is 10.1 Å². The average molecular weight is 415 g/mol. The fraction of sp³-hybridized carbons (Fsp3) is 0.273. The number of carbonyl (C=O) groups is 1. The maximum Gasteiger partial charge on any atom is 0.435 e. The van der Waals surface area contributed by atoms with Gasteiger partial charge in [0.2, 0.25) is 0 Å². The molecule has 8 heteroatoms. The van der Waals surface area contributed by atoms with Crippen LogP contribution >= 0.6 is 0 Å². The molecule has 0 saturated heterocycles. The molecule has 1 aliphatic rings. The normalized spacial score (nSPS) is 13.6. The van der Waals surface area contributed by atoms with Crippen molar-refractivity contribution in [2.75, 3.05) is 12.4 Å². The number of hydrogen-bond donors (Lipinski definition) is 1. The van der Waals surface area contributed by atoms with E-state index in [1.165, 1.54) is 11.8 Å². The zero-order valence-electron chi connectivity index (χ0n) is 16.3. The minimum atomic E-state index is -4.48. The van der Waals surface area contributed by atoms with E-state index in [0.29, 0.717) is 41.2 Å². The highest BCUT2D eigenvalue weighted by Gasteiger charge is 2.39. The Kier molecular flexibility index (Phi) is 5.24. The van der Waals surface area contributed by atoms with Gasteiger partial charge in [-0.3, -0.25) is 4.79 Å². The number of hydrogen-bond acceptors (Lipinski definition) is 3. The van der Waals surface area contributed by atoms with Crippen LogP contribution in [0.1, 0.15) is 40.2 Å². The third-order valence-corrected chi connectivity index (χ3v) is 5.15. The van der Waals surface area contributed by atoms with Crippen molar-refractivity contribution in [2.45, 2.75) is 31.9 Å². The van der Waals surface area contributed by atoms with E-state index in [2.05, 4.69) is 10.4 Å². The molecule has 0 spiro atoms. The summed E-state index contributed by atoms with van der Waals surface area (Å²) in [4.78, 5) is 12.5. The fourth-order valence-electron chi connectivity index (χ4n) is 3.70. The third kappa shape index (κ3) is 3.90. The lowest BCUT2D eigenvalue weighted by Crippen LogP contribution is -2.12. The molecule has 2 aromatic carbocycles. The molecule has 30 heavy (non-hydrogen) atoms. The molecule has 4 rings (SSSR count). The lowest BCUT2D eigenvalue weighted by molar-refractivity contribution is -0.142. The Bertz CT molecular complexity index is 1070. The highest BCUT2D eigenvalue weighted by atomic mass is 19.4. The minimum absolute atomic E-state index is 0.286. The first-order valence-corrected chi connectivity index (χ1v) is 9.60. The van der Waals surface area contributed by atoms with Gasteiger partial charge in [-0.15, -0.1) is 0 Å². The second kappa shape index (κ2) is 7.85. The number of nitrogens with zero attached hydrogens (tertiary/aromatic N) is 2. The van der Waals surface area contributed by atoms with Crippen molar-refractivity contribution in [3.8, 4) is 11.4 Å². The molecule has 0 saturated carbocycles. The topological polar surface area (TPSA) is 56.1 Å². The summed E-state index contributed by atoms with van der Waals surface area (Å²) in [6, 6.07) is 13.3. The number of alkyl halides is 3. The fourth-order valence-corrected chi connectivity index (χ4v) is 3.70. The van der Waals surface area contributed by atoms with E-state index in [1.807, 2.05) is 0 Å². The molecule has 1 aromatic heterocycles. The van der Waals surface area contributed by atoms with E-state index < -0.39 is 11.9 Å². The maximum absolute atomic E-state index is 13.4. The summed E-state index contributed by atoms with van der Waals surface area (Å²) in [5, 5.41) is 6.65. The first kappa shape index (κ1) is 20.0. The number of benzene rings is 2. The van der Waals surface area contributed by atoms with Crippen molar-refractivity contribution in [1.82, 2.24) is 9.78 Å². The summed E-state index contributed by atoms with van der Waals surface area (Å²) in [5.74, 6) is 0.292. The van der Waals surface area contributed by atoms with Crippen LogP contribution in [0.2, 0.25) is 0 Å². The lowest BCUT2D eigenvalue weighted by Gasteiger charge is -2.15. The van der Waals surface area contributed by atoms with Gasteiger partial charge in [0.1, 0.15) is 5.75 Å². The van der Waals surface area contributed by atoms with Gasteiger partial charge in [0.25, 0.3) is 5.91 Å². The minimum Gasteiger partial charge on any atom is -0.497 e. The number of methoxy groups -OCH3 is 1. The summed E-state index contributed by atoms with van der Waals surface area (Å²) >= 11 is 0. The van der Waals surface area contributed by atoms with Gasteiger partial charge >= 0.3 is 6.18 Å². The van der Waals surface area contributed by atoms with Crippen LogP contribution in [0, 0.1) is 0 Å².